The van der Waals surface area contributed by atoms with Gasteiger partial charge in [-0.2, -0.15) is 0 Å². The van der Waals surface area contributed by atoms with E-state index in [9.17, 15) is 23.3 Å². The van der Waals surface area contributed by atoms with Gasteiger partial charge in [0.25, 0.3) is 5.69 Å². The number of amides is 1. The number of anilines is 1. The molecule has 1 fully saturated rings. The van der Waals surface area contributed by atoms with Crippen LogP contribution in [0.1, 0.15) is 49.8 Å². The lowest BCUT2D eigenvalue weighted by Gasteiger charge is -2.29. The number of sulfonamides is 1. The highest BCUT2D eigenvalue weighted by Gasteiger charge is 2.30. The zero-order valence-electron chi connectivity index (χ0n) is 22.5. The third-order valence-corrected chi connectivity index (χ3v) is 8.71. The van der Waals surface area contributed by atoms with E-state index in [0.29, 0.717) is 38.0 Å². The van der Waals surface area contributed by atoms with Gasteiger partial charge in [-0.3, -0.25) is 14.9 Å². The molecule has 212 valence electrons. The van der Waals surface area contributed by atoms with Crippen LogP contribution in [0.15, 0.2) is 77.7 Å². The number of hydrogen-bond acceptors (Lipinski definition) is 7. The molecule has 1 aliphatic carbocycles. The fourth-order valence-corrected chi connectivity index (χ4v) is 6.16. The average molecular weight is 567 g/mol. The SMILES string of the molecule is COc1ccc(CNc2ccc(S(=O)(=O)NC3CCC(C(=O)N[C@H](C)c4ccccc4)CC3)cc2[N+](=O)[O-])cc1. The first-order valence-corrected chi connectivity index (χ1v) is 14.7. The van der Waals surface area contributed by atoms with Gasteiger partial charge in [0, 0.05) is 24.6 Å². The summed E-state index contributed by atoms with van der Waals surface area (Å²) in [5.41, 5.74) is 1.79. The second-order valence-corrected chi connectivity index (χ2v) is 11.7. The van der Waals surface area contributed by atoms with Crippen molar-refractivity contribution < 1.29 is 22.9 Å². The van der Waals surface area contributed by atoms with E-state index in [1.54, 1.807) is 19.2 Å². The van der Waals surface area contributed by atoms with Gasteiger partial charge in [-0.1, -0.05) is 42.5 Å². The highest BCUT2D eigenvalue weighted by molar-refractivity contribution is 7.89. The van der Waals surface area contributed by atoms with Gasteiger partial charge in [-0.15, -0.1) is 0 Å². The van der Waals surface area contributed by atoms with Crippen molar-refractivity contribution in [2.75, 3.05) is 12.4 Å². The summed E-state index contributed by atoms with van der Waals surface area (Å²) in [4.78, 5) is 23.7. The molecule has 1 amide bonds. The van der Waals surface area contributed by atoms with E-state index in [0.717, 1.165) is 17.2 Å². The molecule has 10 nitrogen and oxygen atoms in total. The van der Waals surface area contributed by atoms with Crippen LogP contribution >= 0.6 is 0 Å². The van der Waals surface area contributed by atoms with Crippen LogP contribution in [0.4, 0.5) is 11.4 Å². The van der Waals surface area contributed by atoms with E-state index in [2.05, 4.69) is 15.4 Å². The Morgan fingerprint density at radius 3 is 2.33 bits per heavy atom. The Kier molecular flexibility index (Phi) is 9.38. The summed E-state index contributed by atoms with van der Waals surface area (Å²) in [7, 11) is -2.43. The number of carbonyl (C=O) groups is 1. The molecule has 0 aliphatic heterocycles. The molecule has 1 saturated carbocycles. The van der Waals surface area contributed by atoms with Crippen molar-refractivity contribution in [1.82, 2.24) is 10.0 Å². The minimum Gasteiger partial charge on any atom is -0.497 e. The van der Waals surface area contributed by atoms with Gasteiger partial charge >= 0.3 is 0 Å². The summed E-state index contributed by atoms with van der Waals surface area (Å²) in [6, 6.07) is 20.3. The molecule has 0 spiro atoms. The summed E-state index contributed by atoms with van der Waals surface area (Å²) in [5, 5.41) is 17.8. The summed E-state index contributed by atoms with van der Waals surface area (Å²) < 4.78 is 34.0. The van der Waals surface area contributed by atoms with E-state index < -0.39 is 14.9 Å². The Hall–Kier alpha value is -3.96. The molecular formula is C29H34N4O6S. The Balaban J connectivity index is 1.34. The fourth-order valence-electron chi connectivity index (χ4n) is 4.84. The number of nitro benzene ring substituents is 1. The molecule has 3 aromatic carbocycles. The molecule has 0 radical (unpaired) electrons. The van der Waals surface area contributed by atoms with Gasteiger partial charge in [0.2, 0.25) is 15.9 Å². The number of methoxy groups -OCH3 is 1. The Morgan fingerprint density at radius 2 is 1.70 bits per heavy atom. The zero-order chi connectivity index (χ0) is 28.7. The lowest BCUT2D eigenvalue weighted by Crippen LogP contribution is -2.41. The molecule has 4 rings (SSSR count). The van der Waals surface area contributed by atoms with E-state index >= 15 is 0 Å². The fraction of sp³-hybridized carbons (Fsp3) is 0.345. The Morgan fingerprint density at radius 1 is 1.02 bits per heavy atom. The topological polar surface area (TPSA) is 140 Å². The number of ether oxygens (including phenoxy) is 1. The smallest absolute Gasteiger partial charge is 0.293 e. The molecule has 3 aromatic rings. The number of nitrogens with zero attached hydrogens (tertiary/aromatic N) is 1. The van der Waals surface area contributed by atoms with Crippen molar-refractivity contribution in [1.29, 1.82) is 0 Å². The van der Waals surface area contributed by atoms with Gasteiger partial charge in [0.05, 0.1) is 23.0 Å². The molecule has 0 bridgehead atoms. The monoisotopic (exact) mass is 566 g/mol. The number of nitro groups is 1. The van der Waals surface area contributed by atoms with Crippen LogP contribution in [0.3, 0.4) is 0 Å². The highest BCUT2D eigenvalue weighted by Crippen LogP contribution is 2.30. The summed E-state index contributed by atoms with van der Waals surface area (Å²) in [6.45, 7) is 2.25. The quantitative estimate of drug-likeness (QED) is 0.221. The maximum atomic E-state index is 13.1. The molecule has 0 saturated heterocycles. The van der Waals surface area contributed by atoms with Gasteiger partial charge in [-0.25, -0.2) is 13.1 Å². The van der Waals surface area contributed by atoms with Crippen molar-refractivity contribution >= 4 is 27.3 Å². The third-order valence-electron chi connectivity index (χ3n) is 7.20. The summed E-state index contributed by atoms with van der Waals surface area (Å²) in [5.74, 6) is 0.473. The summed E-state index contributed by atoms with van der Waals surface area (Å²) in [6.07, 6.45) is 2.10. The largest absolute Gasteiger partial charge is 0.497 e. The minimum atomic E-state index is -4.00. The maximum Gasteiger partial charge on any atom is 0.293 e. The zero-order valence-corrected chi connectivity index (χ0v) is 23.3. The van der Waals surface area contributed by atoms with Crippen molar-refractivity contribution in [2.24, 2.45) is 5.92 Å². The molecule has 3 N–H and O–H groups in total. The van der Waals surface area contributed by atoms with Crippen LogP contribution in [-0.2, 0) is 21.4 Å². The van der Waals surface area contributed by atoms with Gasteiger partial charge < -0.3 is 15.4 Å². The molecule has 1 atom stereocenters. The van der Waals surface area contributed by atoms with Crippen LogP contribution in [0.25, 0.3) is 0 Å². The minimum absolute atomic E-state index is 0.0361. The molecular weight excluding hydrogens is 532 g/mol. The average Bonchev–Trinajstić information content (AvgIpc) is 2.96. The van der Waals surface area contributed by atoms with Gasteiger partial charge in [0.1, 0.15) is 11.4 Å². The lowest BCUT2D eigenvalue weighted by atomic mass is 9.85. The van der Waals surface area contributed by atoms with E-state index in [1.165, 1.54) is 12.1 Å². The Labute approximate surface area is 234 Å². The normalized spacial score (nSPS) is 17.9. The number of rotatable bonds is 11. The first kappa shape index (κ1) is 29.0. The predicted octanol–water partition coefficient (Wildman–Crippen LogP) is 4.93. The summed E-state index contributed by atoms with van der Waals surface area (Å²) >= 11 is 0. The molecule has 11 heteroatoms. The van der Waals surface area contributed by atoms with Crippen LogP contribution < -0.4 is 20.1 Å². The number of nitrogens with one attached hydrogen (secondary N) is 3. The Bertz CT molecular complexity index is 1420. The number of carbonyl (C=O) groups excluding carboxylic acids is 1. The van der Waals surface area contributed by atoms with Crippen molar-refractivity contribution in [2.45, 2.75) is 56.1 Å². The molecule has 0 heterocycles. The van der Waals surface area contributed by atoms with Crippen molar-refractivity contribution in [3.63, 3.8) is 0 Å². The third kappa shape index (κ3) is 7.36. The number of benzene rings is 3. The predicted molar refractivity (Wildman–Crippen MR) is 152 cm³/mol. The van der Waals surface area contributed by atoms with E-state index in [4.69, 9.17) is 4.74 Å². The van der Waals surface area contributed by atoms with Crippen molar-refractivity contribution in [3.8, 4) is 5.75 Å². The maximum absolute atomic E-state index is 13.1. The molecule has 0 unspecified atom stereocenters. The standard InChI is InChI=1S/C29H34N4O6S/c1-20(22-6-4-3-5-7-22)31-29(34)23-10-12-24(13-11-23)32-40(37,38)26-16-17-27(28(18-26)33(35)36)30-19-21-8-14-25(39-2)15-9-21/h3-9,14-18,20,23-24,30,32H,10-13,19H2,1-2H3,(H,31,34)/t20-,23?,24?/m1/s1. The highest BCUT2D eigenvalue weighted by atomic mass is 32.2. The number of hydrogen-bond donors (Lipinski definition) is 3. The van der Waals surface area contributed by atoms with Crippen molar-refractivity contribution in [3.05, 3.63) is 94.0 Å². The lowest BCUT2D eigenvalue weighted by molar-refractivity contribution is -0.384. The second kappa shape index (κ2) is 12.9. The second-order valence-electron chi connectivity index (χ2n) is 9.95. The molecule has 40 heavy (non-hydrogen) atoms. The van der Waals surface area contributed by atoms with Crippen LogP contribution in [0, 0.1) is 16.0 Å². The van der Waals surface area contributed by atoms with Crippen LogP contribution in [-0.4, -0.2) is 32.4 Å². The molecule has 0 aromatic heterocycles. The van der Waals surface area contributed by atoms with E-state index in [-0.39, 0.29) is 40.2 Å². The molecule has 1 aliphatic rings. The van der Waals surface area contributed by atoms with Gasteiger partial charge in [0.15, 0.2) is 0 Å². The first-order valence-electron chi connectivity index (χ1n) is 13.2. The van der Waals surface area contributed by atoms with Crippen LogP contribution in [0.5, 0.6) is 5.75 Å². The van der Waals surface area contributed by atoms with E-state index in [1.807, 2.05) is 49.4 Å². The van der Waals surface area contributed by atoms with Gasteiger partial charge in [-0.05, 0) is 68.0 Å². The first-order chi connectivity index (χ1) is 19.2. The van der Waals surface area contributed by atoms with Crippen LogP contribution in [0.2, 0.25) is 0 Å².